The average molecular weight is 767 g/mol. The third-order valence-corrected chi connectivity index (χ3v) is 11.9. The third kappa shape index (κ3) is 11.4. The van der Waals surface area contributed by atoms with Crippen LogP contribution >= 0.6 is 0 Å². The lowest BCUT2D eigenvalue weighted by Crippen LogP contribution is -2.27. The highest BCUT2D eigenvalue weighted by Crippen LogP contribution is 2.36. The zero-order valence-electron chi connectivity index (χ0n) is 36.1. The molecule has 1 aliphatic carbocycles. The lowest BCUT2D eigenvalue weighted by molar-refractivity contribution is 0.369. The zero-order valence-corrected chi connectivity index (χ0v) is 36.1. The van der Waals surface area contributed by atoms with Crippen LogP contribution in [0.3, 0.4) is 0 Å². The molecule has 2 unspecified atom stereocenters. The van der Waals surface area contributed by atoms with E-state index in [-0.39, 0.29) is 11.0 Å². The first-order chi connectivity index (χ1) is 28.1. The van der Waals surface area contributed by atoms with Crippen molar-refractivity contribution in [3.63, 3.8) is 0 Å². The number of benzene rings is 5. The van der Waals surface area contributed by atoms with Gasteiger partial charge in [0.15, 0.2) is 0 Å². The number of hydrogen-bond acceptors (Lipinski definition) is 2. The van der Waals surface area contributed by atoms with Crippen molar-refractivity contribution < 1.29 is 0 Å². The van der Waals surface area contributed by atoms with Crippen molar-refractivity contribution in [3.8, 4) is 22.3 Å². The number of hydrogen-bond donors (Lipinski definition) is 2. The van der Waals surface area contributed by atoms with Crippen LogP contribution in [0.25, 0.3) is 28.3 Å². The van der Waals surface area contributed by atoms with Crippen LogP contribution in [0.2, 0.25) is 0 Å². The fourth-order valence-electron chi connectivity index (χ4n) is 8.32. The Kier molecular flexibility index (Phi) is 14.5. The maximum absolute atomic E-state index is 3.97. The monoisotopic (exact) mass is 767 g/mol. The Morgan fingerprint density at radius 1 is 0.707 bits per heavy atom. The van der Waals surface area contributed by atoms with Crippen LogP contribution in [0.15, 0.2) is 158 Å². The van der Waals surface area contributed by atoms with E-state index >= 15 is 0 Å². The largest absolute Gasteiger partial charge is 0.377 e. The van der Waals surface area contributed by atoms with E-state index in [1.165, 1.54) is 87.9 Å². The molecule has 5 aromatic rings. The van der Waals surface area contributed by atoms with Gasteiger partial charge < -0.3 is 10.6 Å². The van der Waals surface area contributed by atoms with E-state index in [1.54, 1.807) is 0 Å². The van der Waals surface area contributed by atoms with Crippen LogP contribution in [0, 0.1) is 5.41 Å². The van der Waals surface area contributed by atoms with Gasteiger partial charge in [-0.15, -0.1) is 6.58 Å². The zero-order chi connectivity index (χ0) is 41.0. The Hall–Kier alpha value is -5.34. The molecule has 2 heteroatoms. The molecule has 0 spiro atoms. The lowest BCUT2D eigenvalue weighted by atomic mass is 9.77. The van der Waals surface area contributed by atoms with Crippen LogP contribution in [0.4, 0.5) is 11.4 Å². The predicted molar refractivity (Wildman–Crippen MR) is 255 cm³/mol. The summed E-state index contributed by atoms with van der Waals surface area (Å²) in [4.78, 5) is 0. The summed E-state index contributed by atoms with van der Waals surface area (Å²) >= 11 is 0. The molecule has 0 aliphatic heterocycles. The van der Waals surface area contributed by atoms with Gasteiger partial charge in [0.05, 0.1) is 0 Å². The van der Waals surface area contributed by atoms with Gasteiger partial charge in [-0.1, -0.05) is 175 Å². The van der Waals surface area contributed by atoms with E-state index < -0.39 is 0 Å². The smallest absolute Gasteiger partial charge is 0.0497 e. The second-order valence-electron chi connectivity index (χ2n) is 17.2. The molecule has 0 aromatic heterocycles. The Bertz CT molecular complexity index is 2180. The van der Waals surface area contributed by atoms with Crippen molar-refractivity contribution in [1.29, 1.82) is 0 Å². The van der Waals surface area contributed by atoms with Gasteiger partial charge in [0.2, 0.25) is 0 Å². The molecule has 0 amide bonds. The maximum atomic E-state index is 3.97. The van der Waals surface area contributed by atoms with Crippen molar-refractivity contribution in [2.24, 2.45) is 5.41 Å². The first kappa shape index (κ1) is 42.3. The quantitative estimate of drug-likeness (QED) is 0.0646. The standard InChI is InChI=1S/C56H66N2/c1-8-12-13-17-37-56(7,38-36-42-20-34-53(44(9-2)39-42)49-26-32-52(33-27-49)58-55(5,6)11-4)41-43-21-35-54(45(10-3)40-43)48-24-30-51(31-25-48)57-50-28-22-47(23-29-50)46-18-15-14-16-19-46/h11,14-16,18-24,26-36,38-40,48,57-58H,4,8-10,12-13,17,25,37,41H2,1-3,5-7H3/b38-36+. The minimum absolute atomic E-state index is 0.0702. The van der Waals surface area contributed by atoms with E-state index in [2.05, 4.69) is 204 Å². The number of allylic oxidation sites excluding steroid dienone is 4. The summed E-state index contributed by atoms with van der Waals surface area (Å²) in [5, 5.41) is 7.19. The molecule has 2 atom stereocenters. The number of anilines is 2. The van der Waals surface area contributed by atoms with Gasteiger partial charge in [-0.25, -0.2) is 0 Å². The second-order valence-corrected chi connectivity index (χ2v) is 17.2. The predicted octanol–water partition coefficient (Wildman–Crippen LogP) is 15.8. The SMILES string of the molecule is C=CC(C)(C)Nc1ccc(-c2ccc(/C=C/C(C)(CCCCCC)Cc3ccc(C4C=CC(Nc5ccc(-c6ccccc6)cc5)=CC4)c(CC)c3)cc2CC)cc1. The van der Waals surface area contributed by atoms with E-state index in [9.17, 15) is 0 Å². The van der Waals surface area contributed by atoms with Crippen molar-refractivity contribution in [3.05, 3.63) is 186 Å². The molecule has 0 fully saturated rings. The molecule has 0 saturated carbocycles. The fraction of sp³-hybridized carbons (Fsp3) is 0.321. The fourth-order valence-corrected chi connectivity index (χ4v) is 8.32. The van der Waals surface area contributed by atoms with E-state index in [1.807, 2.05) is 6.08 Å². The molecule has 300 valence electrons. The van der Waals surface area contributed by atoms with Crippen LogP contribution in [0.5, 0.6) is 0 Å². The second kappa shape index (κ2) is 19.9. The van der Waals surface area contributed by atoms with Gasteiger partial charge in [-0.2, -0.15) is 0 Å². The molecule has 58 heavy (non-hydrogen) atoms. The Morgan fingerprint density at radius 3 is 2.09 bits per heavy atom. The van der Waals surface area contributed by atoms with Gasteiger partial charge in [-0.3, -0.25) is 0 Å². The van der Waals surface area contributed by atoms with Crippen LogP contribution in [-0.2, 0) is 19.3 Å². The summed E-state index contributed by atoms with van der Waals surface area (Å²) in [6, 6.07) is 42.5. The summed E-state index contributed by atoms with van der Waals surface area (Å²) in [5.74, 6) is 0.394. The van der Waals surface area contributed by atoms with Gasteiger partial charge >= 0.3 is 0 Å². The molecular formula is C56H66N2. The van der Waals surface area contributed by atoms with Crippen molar-refractivity contribution in [2.45, 2.75) is 111 Å². The Morgan fingerprint density at radius 2 is 1.41 bits per heavy atom. The topological polar surface area (TPSA) is 24.1 Å². The number of rotatable bonds is 19. The molecule has 0 radical (unpaired) electrons. The molecule has 5 aromatic carbocycles. The lowest BCUT2D eigenvalue weighted by Gasteiger charge is -2.28. The van der Waals surface area contributed by atoms with E-state index in [0.29, 0.717) is 5.92 Å². The van der Waals surface area contributed by atoms with Crippen LogP contribution in [0.1, 0.15) is 114 Å². The van der Waals surface area contributed by atoms with Gasteiger partial charge in [0.1, 0.15) is 0 Å². The van der Waals surface area contributed by atoms with Gasteiger partial charge in [0, 0.05) is 28.5 Å². The summed E-state index contributed by atoms with van der Waals surface area (Å²) in [6.45, 7) is 17.6. The Balaban J connectivity index is 1.13. The summed E-state index contributed by atoms with van der Waals surface area (Å²) < 4.78 is 0. The molecule has 1 aliphatic rings. The molecule has 2 nitrogen and oxygen atoms in total. The van der Waals surface area contributed by atoms with Gasteiger partial charge in [0.25, 0.3) is 0 Å². The molecule has 0 bridgehead atoms. The highest BCUT2D eigenvalue weighted by atomic mass is 14.9. The highest BCUT2D eigenvalue weighted by molar-refractivity contribution is 5.72. The minimum Gasteiger partial charge on any atom is -0.377 e. The van der Waals surface area contributed by atoms with E-state index in [4.69, 9.17) is 0 Å². The molecule has 0 saturated heterocycles. The molecule has 6 rings (SSSR count). The first-order valence-electron chi connectivity index (χ1n) is 21.9. The number of unbranched alkanes of at least 4 members (excludes halogenated alkanes) is 3. The number of nitrogens with one attached hydrogen (secondary N) is 2. The van der Waals surface area contributed by atoms with Gasteiger partial charge in [-0.05, 0) is 132 Å². The van der Waals surface area contributed by atoms with Crippen LogP contribution < -0.4 is 10.6 Å². The van der Waals surface area contributed by atoms with Crippen molar-refractivity contribution in [1.82, 2.24) is 0 Å². The maximum Gasteiger partial charge on any atom is 0.0497 e. The summed E-state index contributed by atoms with van der Waals surface area (Å²) in [7, 11) is 0. The molecule has 2 N–H and O–H groups in total. The van der Waals surface area contributed by atoms with Crippen molar-refractivity contribution >= 4 is 17.5 Å². The third-order valence-electron chi connectivity index (χ3n) is 11.9. The summed E-state index contributed by atoms with van der Waals surface area (Å²) in [6.07, 6.45) is 24.3. The highest BCUT2D eigenvalue weighted by Gasteiger charge is 2.23. The van der Waals surface area contributed by atoms with Crippen LogP contribution in [-0.4, -0.2) is 5.54 Å². The minimum atomic E-state index is -0.151. The normalized spacial score (nSPS) is 15.2. The number of aryl methyl sites for hydroxylation is 2. The Labute approximate surface area is 350 Å². The van der Waals surface area contributed by atoms with E-state index in [0.717, 1.165) is 37.1 Å². The molecular weight excluding hydrogens is 701 g/mol. The first-order valence-corrected chi connectivity index (χ1v) is 21.9. The summed E-state index contributed by atoms with van der Waals surface area (Å²) in [5.41, 5.74) is 15.4. The average Bonchev–Trinajstić information content (AvgIpc) is 3.25. The van der Waals surface area contributed by atoms with Crippen molar-refractivity contribution in [2.75, 3.05) is 10.6 Å². The molecule has 0 heterocycles.